The summed E-state index contributed by atoms with van der Waals surface area (Å²) < 4.78 is 1.97. The van der Waals surface area contributed by atoms with Crippen molar-refractivity contribution in [2.24, 2.45) is 7.05 Å². The van der Waals surface area contributed by atoms with Gasteiger partial charge in [0.25, 0.3) is 0 Å². The van der Waals surface area contributed by atoms with E-state index in [1.165, 1.54) is 16.8 Å². The summed E-state index contributed by atoms with van der Waals surface area (Å²) in [6.07, 6.45) is 0.987. The zero-order valence-corrected chi connectivity index (χ0v) is 12.3. The lowest BCUT2D eigenvalue weighted by molar-refractivity contribution is 0.547. The van der Waals surface area contributed by atoms with Crippen molar-refractivity contribution in [1.29, 1.82) is 0 Å². The van der Waals surface area contributed by atoms with Gasteiger partial charge < -0.3 is 5.32 Å². The highest BCUT2D eigenvalue weighted by atomic mass is 15.3. The molecule has 0 radical (unpaired) electrons. The number of aromatic nitrogens is 2. The molecule has 0 bridgehead atoms. The van der Waals surface area contributed by atoms with Gasteiger partial charge in [-0.3, -0.25) is 4.68 Å². The third-order valence-corrected chi connectivity index (χ3v) is 3.56. The Kier molecular flexibility index (Phi) is 4.38. The normalized spacial score (nSPS) is 12.6. The van der Waals surface area contributed by atoms with Crippen LogP contribution in [0.15, 0.2) is 30.3 Å². The molecule has 3 heteroatoms. The van der Waals surface area contributed by atoms with Gasteiger partial charge in [-0.05, 0) is 31.9 Å². The molecule has 0 amide bonds. The molecule has 1 unspecified atom stereocenters. The molecule has 0 aliphatic rings. The van der Waals surface area contributed by atoms with Crippen LogP contribution in [0.2, 0.25) is 0 Å². The predicted octanol–water partition coefficient (Wildman–Crippen LogP) is 3.14. The fourth-order valence-corrected chi connectivity index (χ4v) is 2.14. The van der Waals surface area contributed by atoms with Crippen molar-refractivity contribution < 1.29 is 0 Å². The van der Waals surface area contributed by atoms with E-state index in [4.69, 9.17) is 0 Å². The van der Waals surface area contributed by atoms with Crippen LogP contribution in [0.3, 0.4) is 0 Å². The van der Waals surface area contributed by atoms with E-state index < -0.39 is 0 Å². The topological polar surface area (TPSA) is 29.9 Å². The van der Waals surface area contributed by atoms with Crippen molar-refractivity contribution >= 4 is 0 Å². The fraction of sp³-hybridized carbons (Fsp3) is 0.438. The van der Waals surface area contributed by atoms with Crippen molar-refractivity contribution in [2.75, 3.05) is 0 Å². The van der Waals surface area contributed by atoms with Gasteiger partial charge in [-0.2, -0.15) is 5.10 Å². The molecule has 2 aromatic rings. The number of nitrogens with zero attached hydrogens (tertiary/aromatic N) is 2. The second-order valence-corrected chi connectivity index (χ2v) is 5.12. The highest BCUT2D eigenvalue weighted by Crippen LogP contribution is 2.14. The average molecular weight is 257 g/mol. The zero-order chi connectivity index (χ0) is 13.8. The molecule has 3 nitrogen and oxygen atoms in total. The van der Waals surface area contributed by atoms with Gasteiger partial charge in [-0.25, -0.2) is 0 Å². The van der Waals surface area contributed by atoms with Crippen molar-refractivity contribution in [1.82, 2.24) is 15.1 Å². The molecule has 102 valence electrons. The molecule has 0 saturated heterocycles. The standard InChI is InChI=1S/C16H23N3/c1-5-15-10-16(19(4)18-15)11-17-13(3)14-8-6-12(2)7-9-14/h6-10,13,17H,5,11H2,1-4H3. The highest BCUT2D eigenvalue weighted by Gasteiger charge is 2.07. The van der Waals surface area contributed by atoms with Gasteiger partial charge in [0, 0.05) is 19.6 Å². The summed E-state index contributed by atoms with van der Waals surface area (Å²) in [6, 6.07) is 11.2. The first kappa shape index (κ1) is 13.8. The number of nitrogens with one attached hydrogen (secondary N) is 1. The van der Waals surface area contributed by atoms with E-state index in [9.17, 15) is 0 Å². The Balaban J connectivity index is 1.97. The van der Waals surface area contributed by atoms with Crippen LogP contribution in [0, 0.1) is 6.92 Å². The van der Waals surface area contributed by atoms with Gasteiger partial charge in [0.2, 0.25) is 0 Å². The molecule has 1 N–H and O–H groups in total. The van der Waals surface area contributed by atoms with Gasteiger partial charge in [0.15, 0.2) is 0 Å². The molecule has 0 fully saturated rings. The summed E-state index contributed by atoms with van der Waals surface area (Å²) in [5.74, 6) is 0. The molecule has 1 heterocycles. The Bertz CT molecular complexity index is 525. The monoisotopic (exact) mass is 257 g/mol. The summed E-state index contributed by atoms with van der Waals surface area (Å²) in [4.78, 5) is 0. The molecular formula is C16H23N3. The lowest BCUT2D eigenvalue weighted by Gasteiger charge is -2.14. The van der Waals surface area contributed by atoms with E-state index in [-0.39, 0.29) is 0 Å². The SMILES string of the molecule is CCc1cc(CNC(C)c2ccc(C)cc2)n(C)n1. The van der Waals surface area contributed by atoms with Gasteiger partial charge >= 0.3 is 0 Å². The largest absolute Gasteiger partial charge is 0.305 e. The first-order valence-corrected chi connectivity index (χ1v) is 6.92. The van der Waals surface area contributed by atoms with Gasteiger partial charge in [0.1, 0.15) is 0 Å². The van der Waals surface area contributed by atoms with Crippen LogP contribution in [0.1, 0.15) is 42.4 Å². The highest BCUT2D eigenvalue weighted by molar-refractivity contribution is 5.23. The Morgan fingerprint density at radius 1 is 1.26 bits per heavy atom. The molecule has 0 saturated carbocycles. The summed E-state index contributed by atoms with van der Waals surface area (Å²) in [7, 11) is 2.01. The lowest BCUT2D eigenvalue weighted by Crippen LogP contribution is -2.19. The van der Waals surface area contributed by atoms with E-state index in [0.717, 1.165) is 18.7 Å². The molecule has 0 aliphatic carbocycles. The van der Waals surface area contributed by atoms with Crippen molar-refractivity contribution in [2.45, 2.75) is 39.8 Å². The van der Waals surface area contributed by atoms with Gasteiger partial charge in [0.05, 0.1) is 11.4 Å². The maximum absolute atomic E-state index is 4.47. The third-order valence-electron chi connectivity index (χ3n) is 3.56. The maximum Gasteiger partial charge on any atom is 0.0625 e. The summed E-state index contributed by atoms with van der Waals surface area (Å²) in [6.45, 7) is 7.29. The molecule has 2 rings (SSSR count). The van der Waals surface area contributed by atoms with E-state index in [2.05, 4.69) is 61.5 Å². The van der Waals surface area contributed by atoms with Crippen LogP contribution in [0.4, 0.5) is 0 Å². The van der Waals surface area contributed by atoms with Crippen molar-refractivity contribution in [3.8, 4) is 0 Å². The number of aryl methyl sites for hydroxylation is 3. The van der Waals surface area contributed by atoms with Crippen molar-refractivity contribution in [3.05, 3.63) is 52.8 Å². The number of hydrogen-bond donors (Lipinski definition) is 1. The van der Waals surface area contributed by atoms with Crippen LogP contribution in [-0.2, 0) is 20.0 Å². The molecule has 1 aromatic heterocycles. The minimum absolute atomic E-state index is 0.348. The van der Waals surface area contributed by atoms with E-state index in [1.807, 2.05) is 11.7 Å². The molecule has 0 spiro atoms. The second-order valence-electron chi connectivity index (χ2n) is 5.12. The minimum atomic E-state index is 0.348. The average Bonchev–Trinajstić information content (AvgIpc) is 2.77. The Labute approximate surface area is 115 Å². The van der Waals surface area contributed by atoms with E-state index in [0.29, 0.717) is 6.04 Å². The second kappa shape index (κ2) is 6.02. The van der Waals surface area contributed by atoms with E-state index in [1.54, 1.807) is 0 Å². The molecule has 1 atom stereocenters. The van der Waals surface area contributed by atoms with Crippen molar-refractivity contribution in [3.63, 3.8) is 0 Å². The minimum Gasteiger partial charge on any atom is -0.305 e. The quantitative estimate of drug-likeness (QED) is 0.891. The van der Waals surface area contributed by atoms with Gasteiger partial charge in [-0.15, -0.1) is 0 Å². The van der Waals surface area contributed by atoms with E-state index >= 15 is 0 Å². The van der Waals surface area contributed by atoms with Crippen LogP contribution in [-0.4, -0.2) is 9.78 Å². The fourth-order valence-electron chi connectivity index (χ4n) is 2.14. The number of rotatable bonds is 5. The Morgan fingerprint density at radius 2 is 1.95 bits per heavy atom. The summed E-state index contributed by atoms with van der Waals surface area (Å²) >= 11 is 0. The number of benzene rings is 1. The first-order chi connectivity index (χ1) is 9.10. The third kappa shape index (κ3) is 3.44. The van der Waals surface area contributed by atoms with Crippen LogP contribution in [0.5, 0.6) is 0 Å². The van der Waals surface area contributed by atoms with Crippen LogP contribution in [0.25, 0.3) is 0 Å². The Hall–Kier alpha value is -1.61. The molecular weight excluding hydrogens is 234 g/mol. The molecule has 19 heavy (non-hydrogen) atoms. The Morgan fingerprint density at radius 3 is 2.53 bits per heavy atom. The lowest BCUT2D eigenvalue weighted by atomic mass is 10.1. The first-order valence-electron chi connectivity index (χ1n) is 6.92. The predicted molar refractivity (Wildman–Crippen MR) is 79.0 cm³/mol. The number of hydrogen-bond acceptors (Lipinski definition) is 2. The molecule has 0 aliphatic heterocycles. The molecule has 1 aromatic carbocycles. The van der Waals surface area contributed by atoms with Crippen LogP contribution >= 0.6 is 0 Å². The maximum atomic E-state index is 4.47. The summed E-state index contributed by atoms with van der Waals surface area (Å²) in [5, 5.41) is 8.02. The smallest absolute Gasteiger partial charge is 0.0625 e. The van der Waals surface area contributed by atoms with Crippen LogP contribution < -0.4 is 5.32 Å². The van der Waals surface area contributed by atoms with Gasteiger partial charge in [-0.1, -0.05) is 36.8 Å². The summed E-state index contributed by atoms with van der Waals surface area (Å²) in [5.41, 5.74) is 5.01. The zero-order valence-electron chi connectivity index (χ0n) is 12.3.